The van der Waals surface area contributed by atoms with Crippen molar-refractivity contribution in [2.24, 2.45) is 0 Å². The van der Waals surface area contributed by atoms with E-state index in [9.17, 15) is 5.11 Å². The molecular formula is C11H18Cl2OTi. The molecule has 0 saturated carbocycles. The average molecular weight is 285 g/mol. The first kappa shape index (κ1) is 20.7. The Hall–Kier alpha value is 0.314. The molecule has 1 aromatic rings. The van der Waals surface area contributed by atoms with Crippen LogP contribution in [-0.2, 0) is 27.1 Å². The van der Waals surface area contributed by atoms with Gasteiger partial charge in [0.15, 0.2) is 0 Å². The summed E-state index contributed by atoms with van der Waals surface area (Å²) in [6.07, 6.45) is 0. The van der Waals surface area contributed by atoms with Crippen LogP contribution in [0.15, 0.2) is 18.2 Å². The predicted molar refractivity (Wildman–Crippen MR) is 66.0 cm³/mol. The van der Waals surface area contributed by atoms with E-state index in [1.165, 1.54) is 5.56 Å². The third-order valence-electron chi connectivity index (χ3n) is 1.96. The van der Waals surface area contributed by atoms with E-state index in [0.717, 1.165) is 5.56 Å². The summed E-state index contributed by atoms with van der Waals surface area (Å²) in [6.45, 7) is 8.33. The van der Waals surface area contributed by atoms with Crippen molar-refractivity contribution >= 4 is 24.8 Å². The van der Waals surface area contributed by atoms with Crippen LogP contribution in [0.1, 0.15) is 31.9 Å². The minimum Gasteiger partial charge on any atom is -0.508 e. The van der Waals surface area contributed by atoms with Crippen molar-refractivity contribution < 1.29 is 26.8 Å². The second-order valence-electron chi connectivity index (χ2n) is 4.27. The Morgan fingerprint density at radius 1 is 1.07 bits per heavy atom. The number of hydrogen-bond donors (Lipinski definition) is 1. The summed E-state index contributed by atoms with van der Waals surface area (Å²) in [5.41, 5.74) is 2.23. The van der Waals surface area contributed by atoms with E-state index < -0.39 is 0 Å². The molecule has 0 radical (unpaired) electrons. The first-order valence-electron chi connectivity index (χ1n) is 4.21. The molecule has 0 amide bonds. The summed E-state index contributed by atoms with van der Waals surface area (Å²) < 4.78 is 0. The van der Waals surface area contributed by atoms with Crippen molar-refractivity contribution in [1.29, 1.82) is 0 Å². The third-order valence-corrected chi connectivity index (χ3v) is 1.96. The number of halogens is 2. The van der Waals surface area contributed by atoms with Gasteiger partial charge in [-0.15, -0.1) is 24.8 Å². The van der Waals surface area contributed by atoms with Gasteiger partial charge in [0, 0.05) is 21.7 Å². The van der Waals surface area contributed by atoms with Gasteiger partial charge in [-0.2, -0.15) is 0 Å². The molecule has 0 heterocycles. The summed E-state index contributed by atoms with van der Waals surface area (Å²) in [4.78, 5) is 0. The number of aromatic hydroxyl groups is 1. The van der Waals surface area contributed by atoms with Crippen LogP contribution in [-0.4, -0.2) is 5.11 Å². The zero-order chi connectivity index (χ0) is 9.35. The molecule has 0 fully saturated rings. The van der Waals surface area contributed by atoms with Gasteiger partial charge in [0.1, 0.15) is 5.75 Å². The molecule has 4 heteroatoms. The number of phenols is 1. The molecule has 1 rings (SSSR count). The zero-order valence-electron chi connectivity index (χ0n) is 9.50. The third kappa shape index (κ3) is 5.82. The molecule has 0 saturated heterocycles. The molecule has 0 spiro atoms. The topological polar surface area (TPSA) is 20.2 Å². The first-order valence-corrected chi connectivity index (χ1v) is 4.21. The zero-order valence-corrected chi connectivity index (χ0v) is 12.7. The van der Waals surface area contributed by atoms with Crippen LogP contribution in [0.4, 0.5) is 0 Å². The van der Waals surface area contributed by atoms with Gasteiger partial charge >= 0.3 is 0 Å². The minimum atomic E-state index is 0. The van der Waals surface area contributed by atoms with Crippen LogP contribution < -0.4 is 0 Å². The molecule has 0 aliphatic heterocycles. The molecule has 0 unspecified atom stereocenters. The molecule has 0 bridgehead atoms. The number of benzene rings is 1. The normalized spacial score (nSPS) is 9.33. The number of aryl methyl sites for hydroxylation is 1. The Morgan fingerprint density at radius 2 is 1.53 bits per heavy atom. The van der Waals surface area contributed by atoms with Crippen molar-refractivity contribution in [2.75, 3.05) is 0 Å². The Kier molecular flexibility index (Phi) is 10.4. The van der Waals surface area contributed by atoms with Gasteiger partial charge in [-0.3, -0.25) is 0 Å². The van der Waals surface area contributed by atoms with Gasteiger partial charge in [-0.05, 0) is 24.0 Å². The van der Waals surface area contributed by atoms with E-state index in [-0.39, 0.29) is 51.9 Å². The summed E-state index contributed by atoms with van der Waals surface area (Å²) in [6, 6.07) is 5.72. The molecule has 1 nitrogen and oxygen atoms in total. The van der Waals surface area contributed by atoms with Crippen LogP contribution in [0.3, 0.4) is 0 Å². The molecule has 0 aromatic heterocycles. The van der Waals surface area contributed by atoms with Crippen molar-refractivity contribution in [2.45, 2.75) is 33.1 Å². The number of phenolic OH excluding ortho intramolecular Hbond substituents is 1. The van der Waals surface area contributed by atoms with Crippen LogP contribution in [0.2, 0.25) is 0 Å². The van der Waals surface area contributed by atoms with Crippen molar-refractivity contribution in [3.8, 4) is 5.75 Å². The fourth-order valence-corrected chi connectivity index (χ4v) is 1.25. The summed E-state index contributed by atoms with van der Waals surface area (Å²) in [5, 5.41) is 9.57. The smallest absolute Gasteiger partial charge is 0.119 e. The Bertz CT molecular complexity index is 295. The predicted octanol–water partition coefficient (Wildman–Crippen LogP) is 3.84. The van der Waals surface area contributed by atoms with E-state index in [2.05, 4.69) is 20.8 Å². The first-order chi connectivity index (χ1) is 5.41. The van der Waals surface area contributed by atoms with Gasteiger partial charge in [0.05, 0.1) is 0 Å². The standard InChI is InChI=1S/C11H16O.2ClH.Ti/c1-8-5-6-10(12)9(7-8)11(2,3)4;;;/h5-7,12H,1-4H3;2*1H;. The van der Waals surface area contributed by atoms with Gasteiger partial charge in [-0.1, -0.05) is 38.5 Å². The van der Waals surface area contributed by atoms with Crippen LogP contribution in [0, 0.1) is 6.92 Å². The van der Waals surface area contributed by atoms with Gasteiger partial charge in [-0.25, -0.2) is 0 Å². The minimum absolute atomic E-state index is 0. The summed E-state index contributed by atoms with van der Waals surface area (Å²) in [5.74, 6) is 0.396. The molecule has 0 atom stereocenters. The Labute approximate surface area is 119 Å². The molecule has 86 valence electrons. The van der Waals surface area contributed by atoms with Gasteiger partial charge in [0.2, 0.25) is 0 Å². The molecular weight excluding hydrogens is 267 g/mol. The van der Waals surface area contributed by atoms with E-state index in [1.807, 2.05) is 19.1 Å². The van der Waals surface area contributed by atoms with Crippen molar-refractivity contribution in [1.82, 2.24) is 0 Å². The fourth-order valence-electron chi connectivity index (χ4n) is 1.25. The van der Waals surface area contributed by atoms with Crippen molar-refractivity contribution in [3.63, 3.8) is 0 Å². The van der Waals surface area contributed by atoms with Crippen molar-refractivity contribution in [3.05, 3.63) is 29.3 Å². The van der Waals surface area contributed by atoms with E-state index in [1.54, 1.807) is 6.07 Å². The average Bonchev–Trinajstić information content (AvgIpc) is 1.92. The fraction of sp³-hybridized carbons (Fsp3) is 0.455. The quantitative estimate of drug-likeness (QED) is 0.718. The maximum absolute atomic E-state index is 9.57. The largest absolute Gasteiger partial charge is 0.508 e. The van der Waals surface area contributed by atoms with Gasteiger partial charge in [0.25, 0.3) is 0 Å². The van der Waals surface area contributed by atoms with Crippen LogP contribution in [0.5, 0.6) is 5.75 Å². The monoisotopic (exact) mass is 284 g/mol. The molecule has 0 aliphatic rings. The van der Waals surface area contributed by atoms with Gasteiger partial charge < -0.3 is 5.11 Å². The molecule has 0 aliphatic carbocycles. The number of hydrogen-bond acceptors (Lipinski definition) is 1. The van der Waals surface area contributed by atoms with E-state index >= 15 is 0 Å². The van der Waals surface area contributed by atoms with E-state index in [4.69, 9.17) is 0 Å². The maximum atomic E-state index is 9.57. The molecule has 15 heavy (non-hydrogen) atoms. The van der Waals surface area contributed by atoms with E-state index in [0.29, 0.717) is 5.75 Å². The Morgan fingerprint density at radius 3 is 1.87 bits per heavy atom. The molecule has 1 aromatic carbocycles. The van der Waals surface area contributed by atoms with Crippen LogP contribution >= 0.6 is 24.8 Å². The maximum Gasteiger partial charge on any atom is 0.119 e. The SMILES string of the molecule is Cc1ccc(O)c(C(C)(C)C)c1.Cl.Cl.[Ti]. The summed E-state index contributed by atoms with van der Waals surface area (Å²) >= 11 is 0. The second-order valence-corrected chi connectivity index (χ2v) is 4.27. The molecule has 1 N–H and O–H groups in total. The van der Waals surface area contributed by atoms with Crippen LogP contribution in [0.25, 0.3) is 0 Å². The second kappa shape index (κ2) is 7.57. The Balaban J connectivity index is -0.000000480. The number of rotatable bonds is 0. The summed E-state index contributed by atoms with van der Waals surface area (Å²) in [7, 11) is 0.